The van der Waals surface area contributed by atoms with Crippen molar-refractivity contribution in [2.45, 2.75) is 32.4 Å². The highest BCUT2D eigenvalue weighted by atomic mass is 32.1. The Bertz CT molecular complexity index is 560. The lowest BCUT2D eigenvalue weighted by molar-refractivity contribution is 0.395. The molecule has 2 heterocycles. The average molecular weight is 286 g/mol. The maximum Gasteiger partial charge on any atom is 0.0412 e. The summed E-state index contributed by atoms with van der Waals surface area (Å²) in [6, 6.07) is 11.0. The normalized spacial score (nSPS) is 17.6. The first kappa shape index (κ1) is 13.7. The van der Waals surface area contributed by atoms with Gasteiger partial charge in [0.25, 0.3) is 0 Å². The van der Waals surface area contributed by atoms with E-state index in [1.807, 2.05) is 0 Å². The molecule has 1 aromatic heterocycles. The Morgan fingerprint density at radius 1 is 1.25 bits per heavy atom. The molecule has 1 aromatic carbocycles. The summed E-state index contributed by atoms with van der Waals surface area (Å²) in [6.45, 7) is 7.66. The van der Waals surface area contributed by atoms with Gasteiger partial charge < -0.3 is 10.2 Å². The Balaban J connectivity index is 1.82. The fraction of sp³-hybridized carbons (Fsp3) is 0.412. The zero-order valence-electron chi connectivity index (χ0n) is 12.2. The van der Waals surface area contributed by atoms with E-state index >= 15 is 0 Å². The second-order valence-corrected chi connectivity index (χ2v) is 6.95. The second-order valence-electron chi connectivity index (χ2n) is 6.17. The topological polar surface area (TPSA) is 15.3 Å². The van der Waals surface area contributed by atoms with Crippen LogP contribution in [0.15, 0.2) is 41.1 Å². The molecule has 3 rings (SSSR count). The van der Waals surface area contributed by atoms with Crippen molar-refractivity contribution in [3.63, 3.8) is 0 Å². The third kappa shape index (κ3) is 3.05. The summed E-state index contributed by atoms with van der Waals surface area (Å²) in [4.78, 5) is 2.53. The third-order valence-electron chi connectivity index (χ3n) is 3.93. The number of fused-ring (bicyclic) bond motifs is 1. The molecule has 0 unspecified atom stereocenters. The summed E-state index contributed by atoms with van der Waals surface area (Å²) in [5, 5.41) is 8.08. The van der Waals surface area contributed by atoms with E-state index < -0.39 is 0 Å². The van der Waals surface area contributed by atoms with Gasteiger partial charge in [-0.3, -0.25) is 0 Å². The number of nitrogens with zero attached hydrogens (tertiary/aromatic N) is 1. The minimum atomic E-state index is 0.146. The van der Waals surface area contributed by atoms with E-state index in [-0.39, 0.29) is 5.54 Å². The van der Waals surface area contributed by atoms with E-state index in [0.29, 0.717) is 0 Å². The van der Waals surface area contributed by atoms with Crippen LogP contribution < -0.4 is 10.2 Å². The highest BCUT2D eigenvalue weighted by Crippen LogP contribution is 2.26. The molecule has 0 aliphatic carbocycles. The van der Waals surface area contributed by atoms with Crippen LogP contribution in [0.3, 0.4) is 0 Å². The minimum Gasteiger partial charge on any atom is -0.369 e. The summed E-state index contributed by atoms with van der Waals surface area (Å²) < 4.78 is 0. The van der Waals surface area contributed by atoms with Crippen LogP contribution in [0.4, 0.5) is 5.69 Å². The second kappa shape index (κ2) is 5.58. The van der Waals surface area contributed by atoms with Gasteiger partial charge in [0.15, 0.2) is 0 Å². The predicted molar refractivity (Wildman–Crippen MR) is 87.6 cm³/mol. The van der Waals surface area contributed by atoms with Crippen LogP contribution in [0, 0.1) is 0 Å². The van der Waals surface area contributed by atoms with Crippen LogP contribution in [0.25, 0.3) is 0 Å². The van der Waals surface area contributed by atoms with Gasteiger partial charge in [0.1, 0.15) is 0 Å². The molecule has 0 amide bonds. The van der Waals surface area contributed by atoms with Gasteiger partial charge in [-0.15, -0.1) is 0 Å². The number of anilines is 1. The van der Waals surface area contributed by atoms with Gasteiger partial charge in [-0.25, -0.2) is 0 Å². The number of para-hydroxylation sites is 1. The molecule has 106 valence electrons. The molecule has 0 atom stereocenters. The van der Waals surface area contributed by atoms with Crippen molar-refractivity contribution in [3.8, 4) is 0 Å². The fourth-order valence-electron chi connectivity index (χ4n) is 2.82. The van der Waals surface area contributed by atoms with Gasteiger partial charge in [0.05, 0.1) is 0 Å². The summed E-state index contributed by atoms with van der Waals surface area (Å²) in [6.07, 6.45) is 1.12. The van der Waals surface area contributed by atoms with E-state index in [1.54, 1.807) is 11.3 Å². The van der Waals surface area contributed by atoms with Gasteiger partial charge in [-0.05, 0) is 54.3 Å². The number of benzene rings is 1. The molecule has 2 nitrogen and oxygen atoms in total. The van der Waals surface area contributed by atoms with Gasteiger partial charge in [0, 0.05) is 30.9 Å². The van der Waals surface area contributed by atoms with Crippen molar-refractivity contribution < 1.29 is 0 Å². The van der Waals surface area contributed by atoms with Gasteiger partial charge in [0.2, 0.25) is 0 Å². The zero-order chi connectivity index (χ0) is 14.0. The Morgan fingerprint density at radius 2 is 2.10 bits per heavy atom. The maximum absolute atomic E-state index is 3.66. The molecule has 2 aromatic rings. The molecular weight excluding hydrogens is 264 g/mol. The van der Waals surface area contributed by atoms with Crippen molar-refractivity contribution >= 4 is 17.0 Å². The molecule has 0 spiro atoms. The summed E-state index contributed by atoms with van der Waals surface area (Å²) >= 11 is 1.78. The molecule has 3 heteroatoms. The van der Waals surface area contributed by atoms with Crippen LogP contribution in [-0.4, -0.2) is 18.6 Å². The summed E-state index contributed by atoms with van der Waals surface area (Å²) in [5.41, 5.74) is 4.39. The summed E-state index contributed by atoms with van der Waals surface area (Å²) in [5.74, 6) is 0. The van der Waals surface area contributed by atoms with Crippen LogP contribution >= 0.6 is 11.3 Å². The van der Waals surface area contributed by atoms with E-state index in [4.69, 9.17) is 0 Å². The van der Waals surface area contributed by atoms with Crippen LogP contribution in [0.1, 0.15) is 25.0 Å². The molecule has 1 aliphatic rings. The number of nitrogens with one attached hydrogen (secondary N) is 1. The molecule has 0 saturated heterocycles. The maximum atomic E-state index is 3.66. The number of thiophene rings is 1. The van der Waals surface area contributed by atoms with E-state index in [0.717, 1.165) is 26.1 Å². The number of hydrogen-bond donors (Lipinski definition) is 1. The van der Waals surface area contributed by atoms with E-state index in [9.17, 15) is 0 Å². The lowest BCUT2D eigenvalue weighted by atomic mass is 10.1. The molecule has 0 radical (unpaired) electrons. The Kier molecular flexibility index (Phi) is 3.81. The molecule has 0 fully saturated rings. The predicted octanol–water partition coefficient (Wildman–Crippen LogP) is 3.68. The SMILES string of the molecule is CC1(C)CN(CCc2ccsc2)c2ccccc2CN1. The summed E-state index contributed by atoms with van der Waals surface area (Å²) in [7, 11) is 0. The first-order chi connectivity index (χ1) is 9.64. The quantitative estimate of drug-likeness (QED) is 0.926. The van der Waals surface area contributed by atoms with Crippen LogP contribution in [0.2, 0.25) is 0 Å². The zero-order valence-corrected chi connectivity index (χ0v) is 13.0. The third-order valence-corrected chi connectivity index (χ3v) is 4.66. The smallest absolute Gasteiger partial charge is 0.0412 e. The van der Waals surface area contributed by atoms with E-state index in [2.05, 4.69) is 65.2 Å². The molecule has 20 heavy (non-hydrogen) atoms. The van der Waals surface area contributed by atoms with Gasteiger partial charge in [-0.1, -0.05) is 18.2 Å². The van der Waals surface area contributed by atoms with Crippen molar-refractivity contribution in [2.75, 3.05) is 18.0 Å². The molecule has 1 aliphatic heterocycles. The lowest BCUT2D eigenvalue weighted by Crippen LogP contribution is -2.47. The molecular formula is C17H22N2S. The fourth-order valence-corrected chi connectivity index (χ4v) is 3.52. The lowest BCUT2D eigenvalue weighted by Gasteiger charge is -2.32. The monoisotopic (exact) mass is 286 g/mol. The largest absolute Gasteiger partial charge is 0.369 e. The molecule has 1 N–H and O–H groups in total. The van der Waals surface area contributed by atoms with Gasteiger partial charge in [-0.2, -0.15) is 11.3 Å². The van der Waals surface area contributed by atoms with Crippen molar-refractivity contribution in [1.82, 2.24) is 5.32 Å². The number of hydrogen-bond acceptors (Lipinski definition) is 3. The minimum absolute atomic E-state index is 0.146. The Morgan fingerprint density at radius 3 is 2.90 bits per heavy atom. The highest BCUT2D eigenvalue weighted by Gasteiger charge is 2.26. The van der Waals surface area contributed by atoms with Gasteiger partial charge >= 0.3 is 0 Å². The molecule has 0 bridgehead atoms. The standard InChI is InChI=1S/C17H22N2S/c1-17(2)13-19(9-7-14-8-10-20-12-14)16-6-4-3-5-15(16)11-18-17/h3-6,8,10,12,18H,7,9,11,13H2,1-2H3. The molecule has 0 saturated carbocycles. The van der Waals surface area contributed by atoms with Crippen molar-refractivity contribution in [3.05, 3.63) is 52.2 Å². The first-order valence-corrected chi connectivity index (χ1v) is 8.17. The van der Waals surface area contributed by atoms with Crippen molar-refractivity contribution in [2.24, 2.45) is 0 Å². The highest BCUT2D eigenvalue weighted by molar-refractivity contribution is 7.07. The first-order valence-electron chi connectivity index (χ1n) is 7.23. The van der Waals surface area contributed by atoms with E-state index in [1.165, 1.54) is 16.8 Å². The Hall–Kier alpha value is -1.32. The van der Waals surface area contributed by atoms with Crippen LogP contribution in [-0.2, 0) is 13.0 Å². The van der Waals surface area contributed by atoms with Crippen molar-refractivity contribution in [1.29, 1.82) is 0 Å². The van der Waals surface area contributed by atoms with Crippen LogP contribution in [0.5, 0.6) is 0 Å². The average Bonchev–Trinajstić information content (AvgIpc) is 2.90. The number of rotatable bonds is 3. The Labute approximate surface area is 125 Å².